The average Bonchev–Trinajstić information content (AvgIpc) is 2.57. The van der Waals surface area contributed by atoms with E-state index in [2.05, 4.69) is 5.32 Å². The van der Waals surface area contributed by atoms with E-state index in [1.807, 2.05) is 20.8 Å². The van der Waals surface area contributed by atoms with Gasteiger partial charge in [-0.05, 0) is 31.4 Å². The summed E-state index contributed by atoms with van der Waals surface area (Å²) < 4.78 is 10.9. The van der Waals surface area contributed by atoms with Crippen LogP contribution in [-0.2, 0) is 0 Å². The molecule has 7 heteroatoms. The molecule has 0 heterocycles. The van der Waals surface area contributed by atoms with Crippen molar-refractivity contribution in [3.63, 3.8) is 0 Å². The summed E-state index contributed by atoms with van der Waals surface area (Å²) in [6.45, 7) is 6.96. The minimum Gasteiger partial charge on any atom is -0.493 e. The van der Waals surface area contributed by atoms with Crippen molar-refractivity contribution in [1.82, 2.24) is 5.32 Å². The maximum atomic E-state index is 12.3. The highest BCUT2D eigenvalue weighted by Gasteiger charge is 2.22. The summed E-state index contributed by atoms with van der Waals surface area (Å²) in [7, 11) is 1.52. The second-order valence-electron chi connectivity index (χ2n) is 5.59. The number of carbonyl (C=O) groups excluding carboxylic acids is 1. The van der Waals surface area contributed by atoms with E-state index in [1.165, 1.54) is 7.11 Å². The van der Waals surface area contributed by atoms with Gasteiger partial charge in [-0.3, -0.25) is 4.79 Å². The van der Waals surface area contributed by atoms with Crippen LogP contribution in [0.2, 0.25) is 5.02 Å². The van der Waals surface area contributed by atoms with E-state index in [9.17, 15) is 4.79 Å². The Labute approximate surface area is 155 Å². The average molecular weight is 379 g/mol. The lowest BCUT2D eigenvalue weighted by Crippen LogP contribution is -2.49. The van der Waals surface area contributed by atoms with Crippen molar-refractivity contribution < 1.29 is 14.3 Å². The number of halogens is 2. The first kappa shape index (κ1) is 22.8. The molecular formula is C17H28Cl2N2O3. The molecular weight excluding hydrogens is 351 g/mol. The highest BCUT2D eigenvalue weighted by molar-refractivity contribution is 6.32. The number of ether oxygens (including phenoxy) is 2. The van der Waals surface area contributed by atoms with E-state index < -0.39 is 5.54 Å². The summed E-state index contributed by atoms with van der Waals surface area (Å²) in [5.74, 6) is 0.674. The molecule has 1 aromatic carbocycles. The van der Waals surface area contributed by atoms with Gasteiger partial charge in [-0.2, -0.15) is 0 Å². The van der Waals surface area contributed by atoms with E-state index in [4.69, 9.17) is 26.8 Å². The van der Waals surface area contributed by atoms with Crippen molar-refractivity contribution in [3.8, 4) is 11.5 Å². The molecule has 0 saturated carbocycles. The highest BCUT2D eigenvalue weighted by Crippen LogP contribution is 2.36. The molecule has 0 aliphatic heterocycles. The number of amides is 1. The van der Waals surface area contributed by atoms with Crippen LogP contribution in [0, 0.1) is 0 Å². The molecule has 1 amide bonds. The minimum absolute atomic E-state index is 0. The van der Waals surface area contributed by atoms with Crippen molar-refractivity contribution >= 4 is 29.9 Å². The molecule has 0 unspecified atom stereocenters. The number of methoxy groups -OCH3 is 1. The van der Waals surface area contributed by atoms with Gasteiger partial charge in [0.2, 0.25) is 0 Å². The van der Waals surface area contributed by atoms with Gasteiger partial charge in [0.15, 0.2) is 11.5 Å². The van der Waals surface area contributed by atoms with Crippen molar-refractivity contribution in [3.05, 3.63) is 22.7 Å². The zero-order valence-electron chi connectivity index (χ0n) is 14.8. The lowest BCUT2D eigenvalue weighted by molar-refractivity contribution is 0.0941. The predicted octanol–water partition coefficient (Wildman–Crippen LogP) is 3.81. The Morgan fingerprint density at radius 1 is 1.29 bits per heavy atom. The fraction of sp³-hybridized carbons (Fsp3) is 0.588. The van der Waals surface area contributed by atoms with E-state index in [0.29, 0.717) is 35.2 Å². The third-order valence-electron chi connectivity index (χ3n) is 3.95. The molecule has 0 aliphatic carbocycles. The fourth-order valence-electron chi connectivity index (χ4n) is 2.05. The van der Waals surface area contributed by atoms with Gasteiger partial charge in [0.1, 0.15) is 0 Å². The van der Waals surface area contributed by atoms with Crippen LogP contribution in [0.5, 0.6) is 11.5 Å². The molecule has 0 atom stereocenters. The number of rotatable bonds is 9. The second kappa shape index (κ2) is 10.6. The largest absolute Gasteiger partial charge is 0.493 e. The Balaban J connectivity index is 0.00000529. The van der Waals surface area contributed by atoms with Gasteiger partial charge < -0.3 is 20.5 Å². The molecule has 3 N–H and O–H groups in total. The van der Waals surface area contributed by atoms with Gasteiger partial charge in [0, 0.05) is 17.6 Å². The molecule has 5 nitrogen and oxygen atoms in total. The number of benzene rings is 1. The number of nitrogens with two attached hydrogens (primary N) is 1. The summed E-state index contributed by atoms with van der Waals surface area (Å²) in [6, 6.07) is 3.21. The Morgan fingerprint density at radius 3 is 2.42 bits per heavy atom. The van der Waals surface area contributed by atoms with Gasteiger partial charge in [-0.15, -0.1) is 12.4 Å². The van der Waals surface area contributed by atoms with E-state index >= 15 is 0 Å². The molecule has 0 spiro atoms. The number of nitrogens with one attached hydrogen (secondary N) is 1. The summed E-state index contributed by atoms with van der Waals surface area (Å²) in [4.78, 5) is 12.3. The highest BCUT2D eigenvalue weighted by atomic mass is 35.5. The van der Waals surface area contributed by atoms with Crippen LogP contribution < -0.4 is 20.5 Å². The third kappa shape index (κ3) is 6.04. The zero-order valence-corrected chi connectivity index (χ0v) is 16.4. The molecule has 0 fully saturated rings. The van der Waals surface area contributed by atoms with Crippen molar-refractivity contribution in [2.75, 3.05) is 20.3 Å². The minimum atomic E-state index is -0.395. The summed E-state index contributed by atoms with van der Waals surface area (Å²) in [5, 5.41) is 3.22. The van der Waals surface area contributed by atoms with Gasteiger partial charge in [-0.25, -0.2) is 0 Å². The maximum absolute atomic E-state index is 12.3. The van der Waals surface area contributed by atoms with Gasteiger partial charge in [-0.1, -0.05) is 32.4 Å². The standard InChI is InChI=1S/C17H27ClN2O3.ClH/c1-5-8-23-15-13(18)9-12(10-14(15)22-4)16(21)20-11-17(19,6-2)7-3;/h9-10H,5-8,11,19H2,1-4H3,(H,20,21);1H. The van der Waals surface area contributed by atoms with Crippen LogP contribution in [-0.4, -0.2) is 31.7 Å². The van der Waals surface area contributed by atoms with Crippen LogP contribution >= 0.6 is 24.0 Å². The lowest BCUT2D eigenvalue weighted by Gasteiger charge is -2.26. The number of hydrogen-bond acceptors (Lipinski definition) is 4. The predicted molar refractivity (Wildman–Crippen MR) is 101 cm³/mol. The fourth-order valence-corrected chi connectivity index (χ4v) is 2.32. The Kier molecular flexibility index (Phi) is 10.1. The lowest BCUT2D eigenvalue weighted by atomic mass is 9.94. The SMILES string of the molecule is CCCOc1c(Cl)cc(C(=O)NCC(N)(CC)CC)cc1OC.Cl. The Hall–Kier alpha value is -1.17. The molecule has 0 aromatic heterocycles. The van der Waals surface area contributed by atoms with Crippen molar-refractivity contribution in [2.24, 2.45) is 5.73 Å². The molecule has 24 heavy (non-hydrogen) atoms. The summed E-state index contributed by atoms with van der Waals surface area (Å²) in [5.41, 5.74) is 6.23. The molecule has 0 radical (unpaired) electrons. The molecule has 1 aromatic rings. The number of hydrogen-bond donors (Lipinski definition) is 2. The first-order valence-corrected chi connectivity index (χ1v) is 8.36. The van der Waals surface area contributed by atoms with Crippen LogP contribution in [0.3, 0.4) is 0 Å². The zero-order chi connectivity index (χ0) is 17.5. The topological polar surface area (TPSA) is 73.6 Å². The van der Waals surface area contributed by atoms with Gasteiger partial charge >= 0.3 is 0 Å². The van der Waals surface area contributed by atoms with Crippen LogP contribution in [0.4, 0.5) is 0 Å². The van der Waals surface area contributed by atoms with Crippen molar-refractivity contribution in [1.29, 1.82) is 0 Å². The van der Waals surface area contributed by atoms with Gasteiger partial charge in [0.05, 0.1) is 18.7 Å². The molecule has 0 bridgehead atoms. The van der Waals surface area contributed by atoms with Crippen LogP contribution in [0.15, 0.2) is 12.1 Å². The molecule has 0 aliphatic rings. The smallest absolute Gasteiger partial charge is 0.251 e. The van der Waals surface area contributed by atoms with Crippen molar-refractivity contribution in [2.45, 2.75) is 45.6 Å². The molecule has 1 rings (SSSR count). The summed E-state index contributed by atoms with van der Waals surface area (Å²) >= 11 is 6.23. The van der Waals surface area contributed by atoms with E-state index in [-0.39, 0.29) is 18.3 Å². The van der Waals surface area contributed by atoms with Crippen LogP contribution in [0.25, 0.3) is 0 Å². The van der Waals surface area contributed by atoms with E-state index in [1.54, 1.807) is 12.1 Å². The normalized spacial score (nSPS) is 10.8. The Morgan fingerprint density at radius 2 is 1.92 bits per heavy atom. The third-order valence-corrected chi connectivity index (χ3v) is 4.23. The number of carbonyl (C=O) groups is 1. The monoisotopic (exact) mass is 378 g/mol. The first-order valence-electron chi connectivity index (χ1n) is 7.98. The Bertz CT molecular complexity index is 535. The van der Waals surface area contributed by atoms with E-state index in [0.717, 1.165) is 19.3 Å². The second-order valence-corrected chi connectivity index (χ2v) is 6.00. The van der Waals surface area contributed by atoms with Gasteiger partial charge in [0.25, 0.3) is 5.91 Å². The molecule has 138 valence electrons. The quantitative estimate of drug-likeness (QED) is 0.684. The first-order chi connectivity index (χ1) is 10.9. The van der Waals surface area contributed by atoms with Crippen LogP contribution in [0.1, 0.15) is 50.4 Å². The maximum Gasteiger partial charge on any atom is 0.251 e. The summed E-state index contributed by atoms with van der Waals surface area (Å²) in [6.07, 6.45) is 2.43. The molecule has 0 saturated heterocycles.